The van der Waals surface area contributed by atoms with E-state index in [0.29, 0.717) is 11.1 Å². The summed E-state index contributed by atoms with van der Waals surface area (Å²) in [6.45, 7) is 6.74. The van der Waals surface area contributed by atoms with Gasteiger partial charge in [-0.3, -0.25) is 24.1 Å². The minimum absolute atomic E-state index is 0.0491. The first kappa shape index (κ1) is 25.3. The van der Waals surface area contributed by atoms with Crippen molar-refractivity contribution in [2.45, 2.75) is 38.3 Å². The summed E-state index contributed by atoms with van der Waals surface area (Å²) in [7, 11) is 3.05. The van der Waals surface area contributed by atoms with Gasteiger partial charge >= 0.3 is 0 Å². The molecule has 1 aromatic carbocycles. The average Bonchev–Trinajstić information content (AvgIpc) is 2.75. The van der Waals surface area contributed by atoms with Gasteiger partial charge < -0.3 is 26.2 Å². The predicted octanol–water partition coefficient (Wildman–Crippen LogP) is 1.20. The average molecular weight is 497 g/mol. The number of phenolic OH excluding ortho intramolecular Hbond substituents is 1. The first-order valence-electron chi connectivity index (χ1n) is 11.4. The maximum Gasteiger partial charge on any atom is 0.255 e. The van der Waals surface area contributed by atoms with Crippen LogP contribution < -0.4 is 5.73 Å². The lowest BCUT2D eigenvalue weighted by atomic mass is 9.57. The van der Waals surface area contributed by atoms with Gasteiger partial charge in [0.2, 0.25) is 5.78 Å². The number of hydrogen-bond acceptors (Lipinski definition) is 9. The highest BCUT2D eigenvalue weighted by atomic mass is 16.3. The van der Waals surface area contributed by atoms with Gasteiger partial charge in [-0.1, -0.05) is 6.58 Å². The number of hydrogen-bond donors (Lipinski definition) is 5. The highest BCUT2D eigenvalue weighted by molar-refractivity contribution is 6.24. The third-order valence-corrected chi connectivity index (χ3v) is 7.56. The van der Waals surface area contributed by atoms with Crippen LogP contribution in [0.2, 0.25) is 0 Å². The van der Waals surface area contributed by atoms with Crippen LogP contribution >= 0.6 is 0 Å². The molecule has 3 aliphatic carbocycles. The fourth-order valence-corrected chi connectivity index (χ4v) is 5.95. The Hall–Kier alpha value is -3.76. The van der Waals surface area contributed by atoms with Crippen LogP contribution in [0.15, 0.2) is 29.6 Å². The summed E-state index contributed by atoms with van der Waals surface area (Å²) in [4.78, 5) is 52.9. The molecule has 3 aliphatic rings. The first-order valence-corrected chi connectivity index (χ1v) is 11.4. The van der Waals surface area contributed by atoms with Crippen molar-refractivity contribution < 1.29 is 39.6 Å². The van der Waals surface area contributed by atoms with Crippen molar-refractivity contribution in [3.63, 3.8) is 0 Å². The van der Waals surface area contributed by atoms with Crippen molar-refractivity contribution in [1.82, 2.24) is 4.90 Å². The van der Waals surface area contributed by atoms with E-state index >= 15 is 0 Å². The largest absolute Gasteiger partial charge is 0.508 e. The minimum atomic E-state index is -2.71. The molecule has 1 aromatic rings. The van der Waals surface area contributed by atoms with E-state index in [1.165, 1.54) is 32.0 Å². The number of rotatable bonds is 4. The number of fused-ring (bicyclic) bond motifs is 3. The molecule has 0 spiro atoms. The first-order chi connectivity index (χ1) is 16.7. The van der Waals surface area contributed by atoms with E-state index in [9.17, 15) is 39.6 Å². The zero-order valence-electron chi connectivity index (χ0n) is 20.4. The number of likely N-dealkylation sites (N-methyl/N-ethyl adjacent to an activating group) is 1. The van der Waals surface area contributed by atoms with Crippen molar-refractivity contribution in [3.05, 3.63) is 51.8 Å². The zero-order chi connectivity index (χ0) is 27.0. The Bertz CT molecular complexity index is 1350. The number of benzene rings is 1. The Morgan fingerprint density at radius 1 is 1.14 bits per heavy atom. The number of nitrogens with zero attached hydrogens (tertiary/aromatic N) is 1. The summed E-state index contributed by atoms with van der Waals surface area (Å²) in [5.41, 5.74) is 2.52. The lowest BCUT2D eigenvalue weighted by Gasteiger charge is -2.50. The van der Waals surface area contributed by atoms with E-state index in [-0.39, 0.29) is 46.6 Å². The fraction of sp³-hybridized carbons (Fsp3) is 0.385. The third kappa shape index (κ3) is 3.17. The van der Waals surface area contributed by atoms with Crippen LogP contribution in [0.4, 0.5) is 0 Å². The van der Waals surface area contributed by atoms with Crippen molar-refractivity contribution in [2.24, 2.45) is 17.6 Å². The molecule has 6 N–H and O–H groups in total. The quantitative estimate of drug-likeness (QED) is 0.302. The maximum absolute atomic E-state index is 13.8. The van der Waals surface area contributed by atoms with Crippen molar-refractivity contribution >= 4 is 34.6 Å². The van der Waals surface area contributed by atoms with Crippen molar-refractivity contribution in [2.75, 3.05) is 14.1 Å². The van der Waals surface area contributed by atoms with E-state index < -0.39 is 58.0 Å². The molecule has 0 radical (unpaired) electrons. The molecule has 0 aliphatic heterocycles. The Morgan fingerprint density at radius 2 is 1.75 bits per heavy atom. The van der Waals surface area contributed by atoms with Crippen molar-refractivity contribution in [3.8, 4) is 5.75 Å². The van der Waals surface area contributed by atoms with Gasteiger partial charge in [-0.25, -0.2) is 0 Å². The molecular weight excluding hydrogens is 468 g/mol. The number of carbonyl (C=O) groups excluding carboxylic acids is 4. The van der Waals surface area contributed by atoms with Crippen LogP contribution in [0.3, 0.4) is 0 Å². The number of aromatic hydroxyl groups is 1. The Kier molecular flexibility index (Phi) is 5.73. The molecule has 0 aromatic heterocycles. The maximum atomic E-state index is 13.8. The standard InChI is InChI=1S/C26H28N2O8/c1-9(2)12-8-13(10(3)29)14-6-11-7-15-19(28(4)5)22(32)18(25(27)35)24(34)26(15,36)23(33)16(11)21(31)17(14)20(12)30/h8,11,15,19,30-31,34,36H,1,6-7H2,2-5H3,(H2,27,35)/t11-,15-,19-,26-/m0/s1. The topological polar surface area (TPSA) is 178 Å². The molecule has 1 saturated carbocycles. The summed E-state index contributed by atoms with van der Waals surface area (Å²) in [6.07, 6.45) is -0.000408. The molecular formula is C26H28N2O8. The van der Waals surface area contributed by atoms with E-state index in [1.54, 1.807) is 6.92 Å². The molecule has 10 heteroatoms. The molecule has 1 amide bonds. The van der Waals surface area contributed by atoms with Gasteiger partial charge in [-0.05, 0) is 63.9 Å². The Balaban J connectivity index is 2.04. The Morgan fingerprint density at radius 3 is 2.25 bits per heavy atom. The van der Waals surface area contributed by atoms with Crippen LogP contribution in [0, 0.1) is 11.8 Å². The number of phenols is 1. The number of aliphatic hydroxyl groups excluding tert-OH is 2. The highest BCUT2D eigenvalue weighted by Crippen LogP contribution is 2.53. The van der Waals surface area contributed by atoms with Gasteiger partial charge in [0.15, 0.2) is 17.2 Å². The van der Waals surface area contributed by atoms with Crippen LogP contribution in [-0.2, 0) is 20.8 Å². The molecule has 4 rings (SSSR count). The van der Waals surface area contributed by atoms with Crippen LogP contribution in [-0.4, -0.2) is 74.3 Å². The second-order valence-corrected chi connectivity index (χ2v) is 9.97. The normalized spacial score (nSPS) is 27.6. The summed E-state index contributed by atoms with van der Waals surface area (Å²) < 4.78 is 0. The number of nitrogens with two attached hydrogens (primary N) is 1. The van der Waals surface area contributed by atoms with E-state index in [2.05, 4.69) is 6.58 Å². The number of primary amides is 1. The van der Waals surface area contributed by atoms with Gasteiger partial charge in [-0.2, -0.15) is 0 Å². The molecule has 10 nitrogen and oxygen atoms in total. The van der Waals surface area contributed by atoms with Gasteiger partial charge in [0.25, 0.3) is 5.91 Å². The van der Waals surface area contributed by atoms with Gasteiger partial charge in [0.1, 0.15) is 22.8 Å². The van der Waals surface area contributed by atoms with Crippen LogP contribution in [0.1, 0.15) is 47.3 Å². The molecule has 0 heterocycles. The molecule has 4 atom stereocenters. The zero-order valence-corrected chi connectivity index (χ0v) is 20.4. The summed E-state index contributed by atoms with van der Waals surface area (Å²) in [5.74, 6) is -7.65. The molecule has 190 valence electrons. The number of carbonyl (C=O) groups is 4. The second kappa shape index (κ2) is 8.14. The second-order valence-electron chi connectivity index (χ2n) is 9.97. The molecule has 0 unspecified atom stereocenters. The van der Waals surface area contributed by atoms with Gasteiger partial charge in [0, 0.05) is 22.6 Å². The lowest BCUT2D eigenvalue weighted by molar-refractivity contribution is -0.153. The summed E-state index contributed by atoms with van der Waals surface area (Å²) in [6, 6.07) is 0.312. The minimum Gasteiger partial charge on any atom is -0.508 e. The molecule has 0 bridgehead atoms. The number of allylic oxidation sites excluding steroid dienone is 1. The predicted molar refractivity (Wildman–Crippen MR) is 129 cm³/mol. The Labute approximate surface area is 207 Å². The van der Waals surface area contributed by atoms with E-state index in [1.807, 2.05) is 0 Å². The summed E-state index contributed by atoms with van der Waals surface area (Å²) >= 11 is 0. The third-order valence-electron chi connectivity index (χ3n) is 7.56. The number of amides is 1. The highest BCUT2D eigenvalue weighted by Gasteiger charge is 2.64. The molecule has 1 fully saturated rings. The van der Waals surface area contributed by atoms with E-state index in [4.69, 9.17) is 5.73 Å². The molecule has 0 saturated heterocycles. The smallest absolute Gasteiger partial charge is 0.255 e. The number of Topliss-reactive ketones (excluding diaryl/α,β-unsaturated/α-hetero) is 3. The van der Waals surface area contributed by atoms with Gasteiger partial charge in [0.05, 0.1) is 11.6 Å². The van der Waals surface area contributed by atoms with Crippen LogP contribution in [0.25, 0.3) is 11.3 Å². The monoisotopic (exact) mass is 496 g/mol. The van der Waals surface area contributed by atoms with Gasteiger partial charge in [-0.15, -0.1) is 0 Å². The van der Waals surface area contributed by atoms with Crippen molar-refractivity contribution in [1.29, 1.82) is 0 Å². The number of ketones is 3. The van der Waals surface area contributed by atoms with Crippen LogP contribution in [0.5, 0.6) is 5.75 Å². The molecule has 36 heavy (non-hydrogen) atoms. The fourth-order valence-electron chi connectivity index (χ4n) is 5.95. The number of aliphatic hydroxyl groups is 3. The van der Waals surface area contributed by atoms with E-state index in [0.717, 1.165) is 0 Å². The SMILES string of the molecule is C=C(C)c1cc(C(C)=O)c2c(c1O)C(O)=C1C(=O)[C@]3(O)C(O)=C(C(N)=O)C(=O)[C@@H](N(C)C)[C@@H]3C[C@@H]1C2. The lowest BCUT2D eigenvalue weighted by Crippen LogP contribution is -2.65. The summed E-state index contributed by atoms with van der Waals surface area (Å²) in [5, 5.41) is 44.7.